The zero-order chi connectivity index (χ0) is 15.2. The van der Waals surface area contributed by atoms with Gasteiger partial charge in [0.25, 0.3) is 0 Å². The molecule has 21 heavy (non-hydrogen) atoms. The Morgan fingerprint density at radius 2 is 1.86 bits per heavy atom. The van der Waals surface area contributed by atoms with Crippen molar-refractivity contribution in [2.75, 3.05) is 0 Å². The molecule has 0 aliphatic carbocycles. The van der Waals surface area contributed by atoms with Gasteiger partial charge >= 0.3 is 0 Å². The average molecular weight is 282 g/mol. The number of benzene rings is 2. The third-order valence-corrected chi connectivity index (χ3v) is 3.13. The number of hydrogen-bond donors (Lipinski definition) is 0. The van der Waals surface area contributed by atoms with Crippen molar-refractivity contribution in [2.24, 2.45) is 0 Å². The molecule has 0 aromatic heterocycles. The molecule has 0 fully saturated rings. The molecule has 0 saturated heterocycles. The Bertz CT molecular complexity index is 709. The topological polar surface area (TPSA) is 0 Å². The summed E-state index contributed by atoms with van der Waals surface area (Å²) in [6.45, 7) is 5.27. The van der Waals surface area contributed by atoms with E-state index in [9.17, 15) is 8.78 Å². The maximum Gasteiger partial charge on any atom is 0.131 e. The van der Waals surface area contributed by atoms with E-state index in [1.807, 2.05) is 6.92 Å². The molecule has 0 nitrogen and oxygen atoms in total. The highest BCUT2D eigenvalue weighted by molar-refractivity contribution is 5.80. The van der Waals surface area contributed by atoms with Gasteiger partial charge in [-0.05, 0) is 36.3 Å². The monoisotopic (exact) mass is 282 g/mol. The lowest BCUT2D eigenvalue weighted by Crippen LogP contribution is -1.88. The fourth-order valence-electron chi connectivity index (χ4n) is 2.14. The number of allylic oxidation sites excluding steroid dienone is 5. The summed E-state index contributed by atoms with van der Waals surface area (Å²) in [5, 5.41) is 0. The van der Waals surface area contributed by atoms with E-state index in [-0.39, 0.29) is 5.82 Å². The fourth-order valence-corrected chi connectivity index (χ4v) is 2.14. The molecule has 0 bridgehead atoms. The van der Waals surface area contributed by atoms with Gasteiger partial charge in [0.2, 0.25) is 0 Å². The van der Waals surface area contributed by atoms with Gasteiger partial charge in [-0.15, -0.1) is 0 Å². The molecule has 106 valence electrons. The van der Waals surface area contributed by atoms with Gasteiger partial charge in [0.15, 0.2) is 0 Å². The summed E-state index contributed by atoms with van der Waals surface area (Å²) in [6, 6.07) is 13.7. The molecule has 2 rings (SSSR count). The quantitative estimate of drug-likeness (QED) is 0.609. The highest BCUT2D eigenvalue weighted by Crippen LogP contribution is 2.28. The van der Waals surface area contributed by atoms with Crippen molar-refractivity contribution in [1.82, 2.24) is 0 Å². The predicted octanol–water partition coefficient (Wildman–Crippen LogP) is 5.94. The Balaban J connectivity index is 2.57. The lowest BCUT2D eigenvalue weighted by molar-refractivity contribution is 0.631. The lowest BCUT2D eigenvalue weighted by Gasteiger charge is -2.08. The minimum Gasteiger partial charge on any atom is -0.206 e. The van der Waals surface area contributed by atoms with Gasteiger partial charge in [-0.25, -0.2) is 8.78 Å². The van der Waals surface area contributed by atoms with Gasteiger partial charge in [-0.1, -0.05) is 55.1 Å². The third-order valence-electron chi connectivity index (χ3n) is 3.13. The summed E-state index contributed by atoms with van der Waals surface area (Å²) in [6.07, 6.45) is 4.61. The molecule has 0 atom stereocenters. The van der Waals surface area contributed by atoms with E-state index in [0.29, 0.717) is 22.3 Å². The second-order valence-electron chi connectivity index (χ2n) is 4.53. The van der Waals surface area contributed by atoms with Gasteiger partial charge in [0.1, 0.15) is 11.6 Å². The molecule has 2 aromatic carbocycles. The Morgan fingerprint density at radius 1 is 1.10 bits per heavy atom. The first-order chi connectivity index (χ1) is 10.2. The first-order valence-corrected chi connectivity index (χ1v) is 6.67. The second kappa shape index (κ2) is 6.80. The van der Waals surface area contributed by atoms with E-state index in [1.54, 1.807) is 54.6 Å². The number of hydrogen-bond acceptors (Lipinski definition) is 0. The van der Waals surface area contributed by atoms with Gasteiger partial charge in [-0.2, -0.15) is 0 Å². The van der Waals surface area contributed by atoms with E-state index in [0.717, 1.165) is 0 Å². The first kappa shape index (κ1) is 14.9. The van der Waals surface area contributed by atoms with Crippen molar-refractivity contribution in [2.45, 2.75) is 6.92 Å². The first-order valence-electron chi connectivity index (χ1n) is 6.67. The van der Waals surface area contributed by atoms with Crippen LogP contribution in [0.4, 0.5) is 8.78 Å². The standard InChI is InChI=1S/C19H16F2/c1-3-8-16(18(20)4-2)14-9-7-10-15(13-14)17-11-5-6-12-19(17)21/h3-13H,2H2,1H3/b8-3-,18-16-. The normalized spacial score (nSPS) is 12.3. The Hall–Kier alpha value is -2.48. The maximum atomic E-state index is 13.9. The van der Waals surface area contributed by atoms with Crippen molar-refractivity contribution in [1.29, 1.82) is 0 Å². The van der Waals surface area contributed by atoms with Crippen LogP contribution in [0.2, 0.25) is 0 Å². The van der Waals surface area contributed by atoms with Crippen molar-refractivity contribution < 1.29 is 8.78 Å². The van der Waals surface area contributed by atoms with Crippen LogP contribution in [0, 0.1) is 5.82 Å². The molecule has 0 spiro atoms. The molecule has 0 radical (unpaired) electrons. The van der Waals surface area contributed by atoms with Crippen LogP contribution in [-0.4, -0.2) is 0 Å². The fraction of sp³-hybridized carbons (Fsp3) is 0.0526. The SMILES string of the molecule is C=C/C(F)=C(\C=C/C)c1cccc(-c2ccccc2F)c1. The molecule has 0 unspecified atom stereocenters. The number of rotatable bonds is 4. The zero-order valence-electron chi connectivity index (χ0n) is 11.8. The molecular formula is C19H16F2. The summed E-state index contributed by atoms with van der Waals surface area (Å²) < 4.78 is 27.8. The van der Waals surface area contributed by atoms with Crippen molar-refractivity contribution in [3.8, 4) is 11.1 Å². The molecule has 0 heterocycles. The molecular weight excluding hydrogens is 266 g/mol. The Kier molecular flexibility index (Phi) is 4.83. The summed E-state index contributed by atoms with van der Waals surface area (Å²) in [7, 11) is 0. The van der Waals surface area contributed by atoms with E-state index in [4.69, 9.17) is 0 Å². The number of halogens is 2. The minimum atomic E-state index is -0.404. The van der Waals surface area contributed by atoms with Crippen LogP contribution in [0.1, 0.15) is 12.5 Å². The highest BCUT2D eigenvalue weighted by atomic mass is 19.1. The molecule has 2 aromatic rings. The van der Waals surface area contributed by atoms with Crippen LogP contribution < -0.4 is 0 Å². The largest absolute Gasteiger partial charge is 0.206 e. The highest BCUT2D eigenvalue weighted by Gasteiger charge is 2.08. The molecule has 2 heteroatoms. The van der Waals surface area contributed by atoms with Gasteiger partial charge in [0, 0.05) is 11.1 Å². The summed E-state index contributed by atoms with van der Waals surface area (Å²) in [4.78, 5) is 0. The lowest BCUT2D eigenvalue weighted by atomic mass is 9.98. The van der Waals surface area contributed by atoms with E-state index in [2.05, 4.69) is 6.58 Å². The van der Waals surface area contributed by atoms with Crippen LogP contribution in [0.5, 0.6) is 0 Å². The van der Waals surface area contributed by atoms with E-state index < -0.39 is 5.83 Å². The predicted molar refractivity (Wildman–Crippen MR) is 84.9 cm³/mol. The molecule has 0 amide bonds. The van der Waals surface area contributed by atoms with Gasteiger partial charge < -0.3 is 0 Å². The molecule has 0 N–H and O–H groups in total. The van der Waals surface area contributed by atoms with Crippen LogP contribution in [0.25, 0.3) is 16.7 Å². The maximum absolute atomic E-state index is 13.9. The summed E-state index contributed by atoms with van der Waals surface area (Å²) in [5.74, 6) is -0.700. The van der Waals surface area contributed by atoms with Crippen LogP contribution in [-0.2, 0) is 0 Å². The summed E-state index contributed by atoms with van der Waals surface area (Å²) in [5.41, 5.74) is 2.33. The molecule has 0 saturated carbocycles. The van der Waals surface area contributed by atoms with Crippen molar-refractivity contribution in [3.05, 3.63) is 90.5 Å². The van der Waals surface area contributed by atoms with Crippen LogP contribution in [0.3, 0.4) is 0 Å². The van der Waals surface area contributed by atoms with Gasteiger partial charge in [-0.3, -0.25) is 0 Å². The second-order valence-corrected chi connectivity index (χ2v) is 4.53. The molecule has 0 aliphatic heterocycles. The zero-order valence-corrected chi connectivity index (χ0v) is 11.8. The van der Waals surface area contributed by atoms with Crippen LogP contribution >= 0.6 is 0 Å². The smallest absolute Gasteiger partial charge is 0.131 e. The van der Waals surface area contributed by atoms with E-state index >= 15 is 0 Å². The third kappa shape index (κ3) is 3.34. The molecule has 0 aliphatic rings. The van der Waals surface area contributed by atoms with Crippen LogP contribution in [0.15, 0.2) is 79.2 Å². The Labute approximate surface area is 123 Å². The Morgan fingerprint density at radius 3 is 2.52 bits per heavy atom. The van der Waals surface area contributed by atoms with Crippen molar-refractivity contribution >= 4 is 5.57 Å². The van der Waals surface area contributed by atoms with Gasteiger partial charge in [0.05, 0.1) is 0 Å². The average Bonchev–Trinajstić information content (AvgIpc) is 2.52. The minimum absolute atomic E-state index is 0.296. The van der Waals surface area contributed by atoms with Crippen molar-refractivity contribution in [3.63, 3.8) is 0 Å². The summed E-state index contributed by atoms with van der Waals surface area (Å²) >= 11 is 0. The van der Waals surface area contributed by atoms with E-state index in [1.165, 1.54) is 12.1 Å².